The lowest BCUT2D eigenvalue weighted by Crippen LogP contribution is -2.34. The van der Waals surface area contributed by atoms with Crippen LogP contribution in [0.15, 0.2) is 29.8 Å². The number of carbonyl (C=O) groups is 2. The van der Waals surface area contributed by atoms with Crippen molar-refractivity contribution in [1.82, 2.24) is 5.32 Å². The molecule has 4 nitrogen and oxygen atoms in total. The SMILES string of the molecule is CC(C)=C[C@@H]1[C@@H](C(=O)NCC(=O)Nc2cccc(C)c2C)C1(C)C. The van der Waals surface area contributed by atoms with Crippen LogP contribution in [0.25, 0.3) is 0 Å². The molecule has 2 atom stereocenters. The normalized spacial score (nSPS) is 20.9. The molecule has 1 saturated carbocycles. The van der Waals surface area contributed by atoms with E-state index >= 15 is 0 Å². The van der Waals surface area contributed by atoms with Gasteiger partial charge in [0.15, 0.2) is 0 Å². The molecule has 2 rings (SSSR count). The van der Waals surface area contributed by atoms with E-state index in [9.17, 15) is 9.59 Å². The van der Waals surface area contributed by atoms with Gasteiger partial charge < -0.3 is 10.6 Å². The predicted octanol–water partition coefficient (Wildman–Crippen LogP) is 3.60. The third-order valence-corrected chi connectivity index (χ3v) is 5.01. The molecular formula is C20H28N2O2. The first-order valence-electron chi connectivity index (χ1n) is 8.43. The second-order valence-electron chi connectivity index (χ2n) is 7.58. The van der Waals surface area contributed by atoms with Crippen LogP contribution in [0.2, 0.25) is 0 Å². The third-order valence-electron chi connectivity index (χ3n) is 5.01. The second kappa shape index (κ2) is 6.80. The summed E-state index contributed by atoms with van der Waals surface area (Å²) in [5.41, 5.74) is 4.15. The van der Waals surface area contributed by atoms with E-state index in [4.69, 9.17) is 0 Å². The molecule has 0 unspecified atom stereocenters. The van der Waals surface area contributed by atoms with Crippen molar-refractivity contribution in [3.05, 3.63) is 41.0 Å². The van der Waals surface area contributed by atoms with Crippen molar-refractivity contribution in [2.24, 2.45) is 17.3 Å². The summed E-state index contributed by atoms with van der Waals surface area (Å²) in [4.78, 5) is 24.5. The molecule has 2 N–H and O–H groups in total. The molecule has 0 aliphatic heterocycles. The summed E-state index contributed by atoms with van der Waals surface area (Å²) in [5.74, 6) is -0.0432. The van der Waals surface area contributed by atoms with Gasteiger partial charge in [-0.3, -0.25) is 9.59 Å². The third kappa shape index (κ3) is 3.86. The lowest BCUT2D eigenvalue weighted by Gasteiger charge is -2.11. The van der Waals surface area contributed by atoms with E-state index < -0.39 is 0 Å². The molecule has 2 amide bonds. The molecule has 1 aromatic rings. The Balaban J connectivity index is 1.89. The zero-order valence-electron chi connectivity index (χ0n) is 15.5. The van der Waals surface area contributed by atoms with Crippen molar-refractivity contribution in [3.63, 3.8) is 0 Å². The summed E-state index contributed by atoms with van der Waals surface area (Å²) < 4.78 is 0. The van der Waals surface area contributed by atoms with Gasteiger partial charge in [0, 0.05) is 5.69 Å². The minimum absolute atomic E-state index is 0.000334. The zero-order chi connectivity index (χ0) is 18.1. The minimum atomic E-state index is -0.200. The van der Waals surface area contributed by atoms with Crippen molar-refractivity contribution >= 4 is 17.5 Å². The number of carbonyl (C=O) groups excluding carboxylic acids is 2. The quantitative estimate of drug-likeness (QED) is 0.812. The van der Waals surface area contributed by atoms with Crippen molar-refractivity contribution in [1.29, 1.82) is 0 Å². The van der Waals surface area contributed by atoms with E-state index in [-0.39, 0.29) is 35.6 Å². The van der Waals surface area contributed by atoms with Crippen molar-refractivity contribution < 1.29 is 9.59 Å². The molecule has 130 valence electrons. The summed E-state index contributed by atoms with van der Waals surface area (Å²) in [6.07, 6.45) is 2.15. The fourth-order valence-electron chi connectivity index (χ4n) is 3.21. The highest BCUT2D eigenvalue weighted by Crippen LogP contribution is 2.59. The van der Waals surface area contributed by atoms with Crippen LogP contribution < -0.4 is 10.6 Å². The average molecular weight is 328 g/mol. The van der Waals surface area contributed by atoms with Crippen molar-refractivity contribution in [2.45, 2.75) is 41.5 Å². The summed E-state index contributed by atoms with van der Waals surface area (Å²) in [6, 6.07) is 5.79. The van der Waals surface area contributed by atoms with Crippen LogP contribution in [0.3, 0.4) is 0 Å². The van der Waals surface area contributed by atoms with Crippen LogP contribution in [-0.4, -0.2) is 18.4 Å². The Labute approximate surface area is 144 Å². The number of anilines is 1. The molecule has 1 aliphatic rings. The van der Waals surface area contributed by atoms with Crippen molar-refractivity contribution in [3.8, 4) is 0 Å². The molecular weight excluding hydrogens is 300 g/mol. The van der Waals surface area contributed by atoms with Gasteiger partial charge in [0.2, 0.25) is 11.8 Å². The number of rotatable bonds is 5. The van der Waals surface area contributed by atoms with Gasteiger partial charge in [0.25, 0.3) is 0 Å². The highest BCUT2D eigenvalue weighted by molar-refractivity contribution is 5.96. The summed E-state index contributed by atoms with van der Waals surface area (Å²) in [7, 11) is 0. The van der Waals surface area contributed by atoms with Crippen LogP contribution in [0.1, 0.15) is 38.8 Å². The van der Waals surface area contributed by atoms with E-state index in [0.29, 0.717) is 0 Å². The maximum atomic E-state index is 12.4. The van der Waals surface area contributed by atoms with Gasteiger partial charge in [-0.1, -0.05) is 37.6 Å². The maximum Gasteiger partial charge on any atom is 0.243 e. The Kier molecular flexibility index (Phi) is 5.16. The van der Waals surface area contributed by atoms with Gasteiger partial charge in [-0.05, 0) is 56.2 Å². The summed E-state index contributed by atoms with van der Waals surface area (Å²) in [6.45, 7) is 12.3. The molecule has 1 aliphatic carbocycles. The van der Waals surface area contributed by atoms with Gasteiger partial charge in [-0.2, -0.15) is 0 Å². The van der Waals surface area contributed by atoms with Crippen LogP contribution in [0.4, 0.5) is 5.69 Å². The predicted molar refractivity (Wildman–Crippen MR) is 97.7 cm³/mol. The molecule has 1 aromatic carbocycles. The molecule has 0 spiro atoms. The summed E-state index contributed by atoms with van der Waals surface area (Å²) in [5, 5.41) is 5.64. The Morgan fingerprint density at radius 1 is 1.21 bits per heavy atom. The number of aryl methyl sites for hydroxylation is 1. The lowest BCUT2D eigenvalue weighted by atomic mass is 10.1. The fourth-order valence-corrected chi connectivity index (χ4v) is 3.21. The molecule has 0 aromatic heterocycles. The molecule has 0 radical (unpaired) electrons. The molecule has 4 heteroatoms. The van der Waals surface area contributed by atoms with Gasteiger partial charge >= 0.3 is 0 Å². The van der Waals surface area contributed by atoms with Gasteiger partial charge in [-0.15, -0.1) is 0 Å². The van der Waals surface area contributed by atoms with Gasteiger partial charge in [-0.25, -0.2) is 0 Å². The minimum Gasteiger partial charge on any atom is -0.347 e. The van der Waals surface area contributed by atoms with Crippen LogP contribution in [0, 0.1) is 31.1 Å². The summed E-state index contributed by atoms with van der Waals surface area (Å²) >= 11 is 0. The van der Waals surface area contributed by atoms with E-state index in [1.165, 1.54) is 5.57 Å². The number of benzene rings is 1. The second-order valence-corrected chi connectivity index (χ2v) is 7.58. The van der Waals surface area contributed by atoms with Crippen LogP contribution >= 0.6 is 0 Å². The van der Waals surface area contributed by atoms with Crippen molar-refractivity contribution in [2.75, 3.05) is 11.9 Å². The molecule has 24 heavy (non-hydrogen) atoms. The van der Waals surface area contributed by atoms with Crippen LogP contribution in [0.5, 0.6) is 0 Å². The Morgan fingerprint density at radius 3 is 2.50 bits per heavy atom. The topological polar surface area (TPSA) is 58.2 Å². The van der Waals surface area contributed by atoms with E-state index in [0.717, 1.165) is 16.8 Å². The first-order valence-corrected chi connectivity index (χ1v) is 8.43. The number of nitrogens with one attached hydrogen (secondary N) is 2. The first-order chi connectivity index (χ1) is 11.1. The molecule has 0 heterocycles. The standard InChI is InChI=1S/C20H28N2O2/c1-12(2)10-15-18(20(15,5)6)19(24)21-11-17(23)22-16-9-7-8-13(3)14(16)4/h7-10,15,18H,11H2,1-6H3,(H,21,24)(H,22,23)/t15-,18+/m1/s1. The number of hydrogen-bond acceptors (Lipinski definition) is 2. The molecule has 0 saturated heterocycles. The lowest BCUT2D eigenvalue weighted by molar-refractivity contribution is -0.125. The van der Waals surface area contributed by atoms with E-state index in [2.05, 4.69) is 30.6 Å². The largest absolute Gasteiger partial charge is 0.347 e. The zero-order valence-corrected chi connectivity index (χ0v) is 15.5. The molecule has 0 bridgehead atoms. The fraction of sp³-hybridized carbons (Fsp3) is 0.500. The van der Waals surface area contributed by atoms with Gasteiger partial charge in [0.1, 0.15) is 0 Å². The van der Waals surface area contributed by atoms with Gasteiger partial charge in [0.05, 0.1) is 12.5 Å². The van der Waals surface area contributed by atoms with E-state index in [1.807, 2.05) is 45.9 Å². The Morgan fingerprint density at radius 2 is 1.88 bits per heavy atom. The highest BCUT2D eigenvalue weighted by atomic mass is 16.2. The monoisotopic (exact) mass is 328 g/mol. The Bertz CT molecular complexity index is 685. The highest BCUT2D eigenvalue weighted by Gasteiger charge is 2.60. The number of hydrogen-bond donors (Lipinski definition) is 2. The smallest absolute Gasteiger partial charge is 0.243 e. The van der Waals surface area contributed by atoms with Crippen LogP contribution in [-0.2, 0) is 9.59 Å². The average Bonchev–Trinajstić information content (AvgIpc) is 3.01. The van der Waals surface area contributed by atoms with E-state index in [1.54, 1.807) is 0 Å². The number of amides is 2. The molecule has 1 fully saturated rings. The Hall–Kier alpha value is -2.10. The first kappa shape index (κ1) is 18.2. The number of allylic oxidation sites excluding steroid dienone is 2. The maximum absolute atomic E-state index is 12.4.